The van der Waals surface area contributed by atoms with E-state index in [0.29, 0.717) is 5.92 Å². The van der Waals surface area contributed by atoms with Crippen molar-refractivity contribution in [2.24, 2.45) is 0 Å². The summed E-state index contributed by atoms with van der Waals surface area (Å²) in [5.41, 5.74) is 4.96. The van der Waals surface area contributed by atoms with Crippen LogP contribution in [0, 0.1) is 0 Å². The number of aldehydes is 1. The summed E-state index contributed by atoms with van der Waals surface area (Å²) < 4.78 is 0. The lowest BCUT2D eigenvalue weighted by Gasteiger charge is -2.19. The molecule has 1 atom stereocenters. The first-order valence-corrected chi connectivity index (χ1v) is 6.53. The van der Waals surface area contributed by atoms with Crippen LogP contribution in [0.1, 0.15) is 66.9 Å². The Bertz CT molecular complexity index is 443. The van der Waals surface area contributed by atoms with Crippen molar-refractivity contribution in [2.75, 3.05) is 0 Å². The van der Waals surface area contributed by atoms with Crippen molar-refractivity contribution in [1.82, 2.24) is 0 Å². The minimum Gasteiger partial charge on any atom is -0.298 e. The summed E-state index contributed by atoms with van der Waals surface area (Å²) in [5.74, 6) is 0.555. The molecule has 2 rings (SSSR count). The van der Waals surface area contributed by atoms with Gasteiger partial charge in [-0.3, -0.25) is 4.79 Å². The van der Waals surface area contributed by atoms with Crippen LogP contribution < -0.4 is 0 Å². The summed E-state index contributed by atoms with van der Waals surface area (Å²) in [4.78, 5) is 10.9. The van der Waals surface area contributed by atoms with E-state index in [4.69, 9.17) is 0 Å². The Morgan fingerprint density at radius 3 is 2.94 bits per heavy atom. The molecule has 0 saturated carbocycles. The predicted molar refractivity (Wildman–Crippen MR) is 72.4 cm³/mol. The monoisotopic (exact) mass is 228 g/mol. The van der Waals surface area contributed by atoms with Gasteiger partial charge in [-0.25, -0.2) is 0 Å². The number of allylic oxidation sites excluding steroid dienone is 1. The van der Waals surface area contributed by atoms with Crippen LogP contribution in [0.15, 0.2) is 23.8 Å². The summed E-state index contributed by atoms with van der Waals surface area (Å²) in [6.45, 7) is 4.48. The molecule has 1 unspecified atom stereocenters. The quantitative estimate of drug-likeness (QED) is 0.677. The van der Waals surface area contributed by atoms with Crippen molar-refractivity contribution in [1.29, 1.82) is 0 Å². The van der Waals surface area contributed by atoms with Crippen LogP contribution in [-0.4, -0.2) is 6.29 Å². The maximum atomic E-state index is 10.9. The number of carbonyl (C=O) groups is 1. The number of rotatable bonds is 2. The molecular weight excluding hydrogens is 208 g/mol. The van der Waals surface area contributed by atoms with Crippen molar-refractivity contribution in [2.45, 2.75) is 45.4 Å². The summed E-state index contributed by atoms with van der Waals surface area (Å²) in [6, 6.07) is 6.07. The van der Waals surface area contributed by atoms with Gasteiger partial charge in [0.05, 0.1) is 0 Å². The van der Waals surface area contributed by atoms with E-state index in [1.54, 1.807) is 0 Å². The Morgan fingerprint density at radius 2 is 2.24 bits per heavy atom. The standard InChI is InChI=1S/C16H20O/c1-3-13-6-4-5-12(2)16-10-14(11-17)7-8-15(16)9-13/h7-12H,3-6H2,1-2H3. The first-order valence-electron chi connectivity index (χ1n) is 6.53. The third-order valence-corrected chi connectivity index (χ3v) is 3.73. The maximum Gasteiger partial charge on any atom is 0.150 e. The van der Waals surface area contributed by atoms with Gasteiger partial charge < -0.3 is 0 Å². The molecule has 1 aromatic rings. The van der Waals surface area contributed by atoms with Crippen LogP contribution >= 0.6 is 0 Å². The van der Waals surface area contributed by atoms with Crippen molar-refractivity contribution in [3.05, 3.63) is 40.5 Å². The second-order valence-corrected chi connectivity index (χ2v) is 4.96. The number of benzene rings is 1. The van der Waals surface area contributed by atoms with E-state index in [-0.39, 0.29) is 0 Å². The molecule has 0 N–H and O–H groups in total. The fourth-order valence-electron chi connectivity index (χ4n) is 2.59. The summed E-state index contributed by atoms with van der Waals surface area (Å²) in [5, 5.41) is 0. The molecule has 0 spiro atoms. The van der Waals surface area contributed by atoms with Crippen molar-refractivity contribution >= 4 is 12.4 Å². The largest absolute Gasteiger partial charge is 0.298 e. The lowest BCUT2D eigenvalue weighted by molar-refractivity contribution is 0.112. The Morgan fingerprint density at radius 1 is 1.41 bits per heavy atom. The summed E-state index contributed by atoms with van der Waals surface area (Å²) in [7, 11) is 0. The molecule has 0 aliphatic heterocycles. The van der Waals surface area contributed by atoms with Crippen molar-refractivity contribution in [3.63, 3.8) is 0 Å². The molecule has 0 aromatic heterocycles. The van der Waals surface area contributed by atoms with Crippen LogP contribution in [0.3, 0.4) is 0 Å². The van der Waals surface area contributed by atoms with Crippen molar-refractivity contribution < 1.29 is 4.79 Å². The van der Waals surface area contributed by atoms with Crippen LogP contribution in [0.4, 0.5) is 0 Å². The molecule has 1 aromatic carbocycles. The topological polar surface area (TPSA) is 17.1 Å². The molecule has 1 nitrogen and oxygen atoms in total. The van der Waals surface area contributed by atoms with Gasteiger partial charge in [0, 0.05) is 5.56 Å². The minimum atomic E-state index is 0.555. The van der Waals surface area contributed by atoms with E-state index in [9.17, 15) is 4.79 Å². The Hall–Kier alpha value is -1.37. The van der Waals surface area contributed by atoms with Crippen LogP contribution in [0.5, 0.6) is 0 Å². The van der Waals surface area contributed by atoms with Gasteiger partial charge in [-0.1, -0.05) is 37.6 Å². The number of hydrogen-bond acceptors (Lipinski definition) is 1. The molecule has 1 heteroatoms. The first kappa shape index (κ1) is 12.1. The summed E-state index contributed by atoms with van der Waals surface area (Å²) in [6.07, 6.45) is 8.08. The molecule has 0 fully saturated rings. The molecule has 0 radical (unpaired) electrons. The Balaban J connectivity index is 2.49. The highest BCUT2D eigenvalue weighted by atomic mass is 16.1. The summed E-state index contributed by atoms with van der Waals surface area (Å²) >= 11 is 0. The van der Waals surface area contributed by atoms with E-state index in [1.165, 1.54) is 36.0 Å². The zero-order chi connectivity index (χ0) is 12.3. The predicted octanol–water partition coefficient (Wildman–Crippen LogP) is 4.58. The average molecular weight is 228 g/mol. The Kier molecular flexibility index (Phi) is 3.78. The van der Waals surface area contributed by atoms with E-state index in [2.05, 4.69) is 32.1 Å². The zero-order valence-corrected chi connectivity index (χ0v) is 10.7. The van der Waals surface area contributed by atoms with Crippen molar-refractivity contribution in [3.8, 4) is 0 Å². The highest BCUT2D eigenvalue weighted by Crippen LogP contribution is 2.31. The maximum absolute atomic E-state index is 10.9. The highest BCUT2D eigenvalue weighted by Gasteiger charge is 2.13. The van der Waals surface area contributed by atoms with Gasteiger partial charge in [0.15, 0.2) is 0 Å². The molecule has 90 valence electrons. The van der Waals surface area contributed by atoms with E-state index in [0.717, 1.165) is 18.3 Å². The highest BCUT2D eigenvalue weighted by molar-refractivity contribution is 5.76. The number of fused-ring (bicyclic) bond motifs is 1. The van der Waals surface area contributed by atoms with E-state index >= 15 is 0 Å². The third-order valence-electron chi connectivity index (χ3n) is 3.73. The van der Waals surface area contributed by atoms with Gasteiger partial charge in [-0.05, 0) is 48.8 Å². The fourth-order valence-corrected chi connectivity index (χ4v) is 2.59. The van der Waals surface area contributed by atoms with Gasteiger partial charge in [0.2, 0.25) is 0 Å². The number of hydrogen-bond donors (Lipinski definition) is 0. The SMILES string of the molecule is CCC1=Cc2ccc(C=O)cc2C(C)CCC1. The van der Waals surface area contributed by atoms with Gasteiger partial charge in [-0.2, -0.15) is 0 Å². The smallest absolute Gasteiger partial charge is 0.150 e. The second-order valence-electron chi connectivity index (χ2n) is 4.96. The van der Waals surface area contributed by atoms with Crippen LogP contribution in [0.2, 0.25) is 0 Å². The van der Waals surface area contributed by atoms with Gasteiger partial charge in [0.25, 0.3) is 0 Å². The molecule has 1 aliphatic carbocycles. The number of carbonyl (C=O) groups excluding carboxylic acids is 1. The second kappa shape index (κ2) is 5.31. The zero-order valence-electron chi connectivity index (χ0n) is 10.7. The third kappa shape index (κ3) is 2.66. The fraction of sp³-hybridized carbons (Fsp3) is 0.438. The average Bonchev–Trinajstić information content (AvgIpc) is 2.35. The molecule has 0 saturated heterocycles. The molecule has 1 aliphatic rings. The van der Waals surface area contributed by atoms with Gasteiger partial charge >= 0.3 is 0 Å². The first-order chi connectivity index (χ1) is 8.24. The van der Waals surface area contributed by atoms with E-state index in [1.807, 2.05) is 6.07 Å². The molecule has 0 heterocycles. The normalized spacial score (nSPS) is 19.9. The molecule has 0 amide bonds. The van der Waals surface area contributed by atoms with Crippen LogP contribution in [-0.2, 0) is 0 Å². The molecule has 0 bridgehead atoms. The van der Waals surface area contributed by atoms with E-state index < -0.39 is 0 Å². The molecular formula is C16H20O. The molecule has 17 heavy (non-hydrogen) atoms. The van der Waals surface area contributed by atoms with Gasteiger partial charge in [0.1, 0.15) is 6.29 Å². The van der Waals surface area contributed by atoms with Gasteiger partial charge in [-0.15, -0.1) is 0 Å². The minimum absolute atomic E-state index is 0.555. The lowest BCUT2D eigenvalue weighted by atomic mass is 9.85. The van der Waals surface area contributed by atoms with Crippen LogP contribution in [0.25, 0.3) is 6.08 Å². The lowest BCUT2D eigenvalue weighted by Crippen LogP contribution is -2.02. The Labute approximate surface area is 104 Å².